The van der Waals surface area contributed by atoms with Gasteiger partial charge >= 0.3 is 19.8 Å². The van der Waals surface area contributed by atoms with E-state index in [9.17, 15) is 39.3 Å². The first-order valence-corrected chi connectivity index (χ1v) is 11.1. The quantitative estimate of drug-likeness (QED) is 0.262. The lowest BCUT2D eigenvalue weighted by Crippen LogP contribution is -2.07. The van der Waals surface area contributed by atoms with Gasteiger partial charge in [0.15, 0.2) is 0 Å². The molecular formula is C23H17O9P. The number of fused-ring (bicyclic) bond motifs is 2. The topological polar surface area (TPSA) is 162 Å². The molecule has 5 N–H and O–H groups in total. The number of hydrogen-bond donors (Lipinski definition) is 5. The van der Waals surface area contributed by atoms with Gasteiger partial charge < -0.3 is 19.8 Å². The Balaban J connectivity index is 2.09. The Kier molecular flexibility index (Phi) is 5.55. The van der Waals surface area contributed by atoms with Crippen LogP contribution >= 0.6 is 7.82 Å². The number of phenols is 1. The van der Waals surface area contributed by atoms with Crippen molar-refractivity contribution in [3.63, 3.8) is 0 Å². The molecule has 0 aliphatic heterocycles. The van der Waals surface area contributed by atoms with Crippen molar-refractivity contribution in [2.75, 3.05) is 0 Å². The molecule has 4 aromatic carbocycles. The van der Waals surface area contributed by atoms with Gasteiger partial charge in [-0.05, 0) is 33.7 Å². The summed E-state index contributed by atoms with van der Waals surface area (Å²) in [6.07, 6.45) is -0.259. The van der Waals surface area contributed by atoms with Gasteiger partial charge in [0.2, 0.25) is 0 Å². The second-order valence-electron chi connectivity index (χ2n) is 7.29. The number of benzene rings is 4. The van der Waals surface area contributed by atoms with Crippen LogP contribution in [0, 0.1) is 0 Å². The van der Waals surface area contributed by atoms with Gasteiger partial charge in [0.1, 0.15) is 22.6 Å². The number of hydrogen-bond acceptors (Lipinski definition) is 5. The zero-order valence-electron chi connectivity index (χ0n) is 16.8. The molecule has 33 heavy (non-hydrogen) atoms. The average Bonchev–Trinajstić information content (AvgIpc) is 2.75. The standard InChI is InChI=1S/C23H17O9P/c24-20-16(14-7-3-1-5-12(14)9-18(20)22(25)26)11-17-15-8-4-2-6-13(15)10-19(23(27)28)21(17)32-33(29,30)31/h1-10,24H,11H2,(H,25,26)(H,27,28)(H2,29,30,31). The van der Waals surface area contributed by atoms with Crippen LogP contribution in [0.1, 0.15) is 31.8 Å². The highest BCUT2D eigenvalue weighted by atomic mass is 31.2. The molecule has 0 bridgehead atoms. The van der Waals surface area contributed by atoms with Crippen molar-refractivity contribution >= 4 is 41.3 Å². The number of phosphoric ester groups is 1. The molecule has 0 aliphatic carbocycles. The molecule has 4 aromatic rings. The maximum absolute atomic E-state index is 11.9. The predicted molar refractivity (Wildman–Crippen MR) is 119 cm³/mol. The van der Waals surface area contributed by atoms with Crippen LogP contribution in [0.15, 0.2) is 60.7 Å². The highest BCUT2D eigenvalue weighted by molar-refractivity contribution is 7.46. The van der Waals surface area contributed by atoms with Crippen molar-refractivity contribution in [3.8, 4) is 11.5 Å². The fourth-order valence-electron chi connectivity index (χ4n) is 3.89. The van der Waals surface area contributed by atoms with Crippen molar-refractivity contribution in [1.82, 2.24) is 0 Å². The second kappa shape index (κ2) is 8.22. The van der Waals surface area contributed by atoms with E-state index in [4.69, 9.17) is 4.52 Å². The van der Waals surface area contributed by atoms with Gasteiger partial charge in [0.25, 0.3) is 0 Å². The zero-order chi connectivity index (χ0) is 23.9. The molecule has 168 valence electrons. The third-order valence-corrected chi connectivity index (χ3v) is 5.68. The summed E-state index contributed by atoms with van der Waals surface area (Å²) in [7, 11) is -5.17. The van der Waals surface area contributed by atoms with Crippen LogP contribution in [-0.4, -0.2) is 37.0 Å². The van der Waals surface area contributed by atoms with Gasteiger partial charge in [-0.3, -0.25) is 9.79 Å². The number of phosphoric acid groups is 1. The maximum Gasteiger partial charge on any atom is 0.524 e. The number of carboxylic acids is 2. The molecule has 0 amide bonds. The first-order valence-electron chi connectivity index (χ1n) is 9.56. The molecule has 10 heteroatoms. The maximum atomic E-state index is 11.9. The summed E-state index contributed by atoms with van der Waals surface area (Å²) in [5.41, 5.74) is -0.615. The average molecular weight is 468 g/mol. The van der Waals surface area contributed by atoms with Gasteiger partial charge in [-0.1, -0.05) is 48.5 Å². The summed E-state index contributed by atoms with van der Waals surface area (Å²) in [6.45, 7) is 0. The van der Waals surface area contributed by atoms with Crippen molar-refractivity contribution in [1.29, 1.82) is 0 Å². The molecule has 0 saturated heterocycles. The minimum Gasteiger partial charge on any atom is -0.507 e. The number of carboxylic acid groups (broad SMARTS) is 2. The van der Waals surface area contributed by atoms with Crippen molar-refractivity contribution in [2.45, 2.75) is 6.42 Å². The van der Waals surface area contributed by atoms with Crippen LogP contribution in [-0.2, 0) is 11.0 Å². The molecule has 0 unspecified atom stereocenters. The third kappa shape index (κ3) is 4.25. The highest BCUT2D eigenvalue weighted by Gasteiger charge is 2.28. The Labute approximate surface area is 186 Å². The summed E-state index contributed by atoms with van der Waals surface area (Å²) in [5, 5.41) is 31.9. The van der Waals surface area contributed by atoms with E-state index in [1.54, 1.807) is 48.5 Å². The lowest BCUT2D eigenvalue weighted by atomic mass is 9.90. The summed E-state index contributed by atoms with van der Waals surface area (Å²) < 4.78 is 16.5. The van der Waals surface area contributed by atoms with Crippen molar-refractivity contribution < 1.29 is 43.8 Å². The Hall–Kier alpha value is -3.91. The molecule has 0 heterocycles. The molecule has 4 rings (SSSR count). The van der Waals surface area contributed by atoms with E-state index in [0.717, 1.165) is 0 Å². The lowest BCUT2D eigenvalue weighted by Gasteiger charge is -2.19. The molecular weight excluding hydrogens is 451 g/mol. The van der Waals surface area contributed by atoms with Crippen LogP contribution in [0.3, 0.4) is 0 Å². The monoisotopic (exact) mass is 468 g/mol. The summed E-state index contributed by atoms with van der Waals surface area (Å²) in [4.78, 5) is 42.5. The predicted octanol–water partition coefficient (Wildman–Crippen LogP) is 4.16. The van der Waals surface area contributed by atoms with Gasteiger partial charge in [-0.2, -0.15) is 0 Å². The number of aromatic hydroxyl groups is 1. The Morgan fingerprint density at radius 3 is 1.79 bits per heavy atom. The highest BCUT2D eigenvalue weighted by Crippen LogP contribution is 2.45. The van der Waals surface area contributed by atoms with Crippen LogP contribution in [0.25, 0.3) is 21.5 Å². The molecule has 0 aliphatic rings. The molecule has 0 aromatic heterocycles. The summed E-state index contributed by atoms with van der Waals surface area (Å²) in [6, 6.07) is 15.8. The van der Waals surface area contributed by atoms with E-state index >= 15 is 0 Å². The van der Waals surface area contributed by atoms with Crippen LogP contribution in [0.2, 0.25) is 0 Å². The third-order valence-electron chi connectivity index (χ3n) is 5.26. The minimum absolute atomic E-state index is 0.0804. The summed E-state index contributed by atoms with van der Waals surface area (Å²) >= 11 is 0. The molecule has 0 saturated carbocycles. The second-order valence-corrected chi connectivity index (χ2v) is 8.46. The molecule has 0 fully saturated rings. The van der Waals surface area contributed by atoms with E-state index in [0.29, 0.717) is 21.5 Å². The molecule has 9 nitrogen and oxygen atoms in total. The molecule has 0 radical (unpaired) electrons. The zero-order valence-corrected chi connectivity index (χ0v) is 17.7. The van der Waals surface area contributed by atoms with E-state index in [-0.39, 0.29) is 23.1 Å². The van der Waals surface area contributed by atoms with Crippen molar-refractivity contribution in [2.24, 2.45) is 0 Å². The van der Waals surface area contributed by atoms with E-state index in [1.165, 1.54) is 12.1 Å². The normalized spacial score (nSPS) is 11.6. The Bertz CT molecular complexity index is 1490. The van der Waals surface area contributed by atoms with Gasteiger partial charge in [-0.25, -0.2) is 14.2 Å². The minimum atomic E-state index is -5.17. The van der Waals surface area contributed by atoms with Gasteiger partial charge in [-0.15, -0.1) is 0 Å². The van der Waals surface area contributed by atoms with Crippen molar-refractivity contribution in [3.05, 3.63) is 82.9 Å². The van der Waals surface area contributed by atoms with Crippen LogP contribution in [0.4, 0.5) is 0 Å². The number of aromatic carboxylic acids is 2. The molecule has 0 spiro atoms. The fraction of sp³-hybridized carbons (Fsp3) is 0.0435. The number of carbonyl (C=O) groups is 2. The Morgan fingerprint density at radius 2 is 1.27 bits per heavy atom. The summed E-state index contributed by atoms with van der Waals surface area (Å²) in [5.74, 6) is -3.93. The lowest BCUT2D eigenvalue weighted by molar-refractivity contribution is 0.0683. The smallest absolute Gasteiger partial charge is 0.507 e. The first kappa shape index (κ1) is 22.3. The Morgan fingerprint density at radius 1 is 0.788 bits per heavy atom. The first-order chi connectivity index (χ1) is 15.6. The van der Waals surface area contributed by atoms with Crippen LogP contribution in [0.5, 0.6) is 11.5 Å². The van der Waals surface area contributed by atoms with Gasteiger partial charge in [0.05, 0.1) is 0 Å². The fourth-order valence-corrected chi connectivity index (χ4v) is 4.34. The molecule has 0 atom stereocenters. The largest absolute Gasteiger partial charge is 0.524 e. The van der Waals surface area contributed by atoms with E-state index < -0.39 is 36.8 Å². The number of rotatable bonds is 6. The van der Waals surface area contributed by atoms with Gasteiger partial charge in [0, 0.05) is 17.5 Å². The van der Waals surface area contributed by atoms with E-state index in [2.05, 4.69) is 0 Å². The van der Waals surface area contributed by atoms with E-state index in [1.807, 2.05) is 0 Å². The van der Waals surface area contributed by atoms with Crippen LogP contribution < -0.4 is 4.52 Å². The SMILES string of the molecule is O=C(O)c1cc2ccccc2c(Cc2c(OP(=O)(O)O)c(C(=O)O)cc3ccccc23)c1O.